The van der Waals surface area contributed by atoms with Crippen LogP contribution < -0.4 is 0 Å². The fourth-order valence-electron chi connectivity index (χ4n) is 3.21. The average Bonchev–Trinajstić information content (AvgIpc) is 3.18. The first-order valence-electron chi connectivity index (χ1n) is 9.29. The first kappa shape index (κ1) is 19.7. The lowest BCUT2D eigenvalue weighted by atomic mass is 10.2. The monoisotopic (exact) mass is 416 g/mol. The molecule has 29 heavy (non-hydrogen) atoms. The van der Waals surface area contributed by atoms with E-state index >= 15 is 0 Å². The number of benzene rings is 2. The van der Waals surface area contributed by atoms with Crippen molar-refractivity contribution in [1.29, 1.82) is 0 Å². The summed E-state index contributed by atoms with van der Waals surface area (Å²) in [6.45, 7) is 4.30. The molecule has 2 heterocycles. The third-order valence-electron chi connectivity index (χ3n) is 4.91. The Bertz CT molecular complexity index is 1070. The van der Waals surface area contributed by atoms with Gasteiger partial charge in [0.1, 0.15) is 5.82 Å². The molecule has 4 rings (SSSR count). The van der Waals surface area contributed by atoms with Crippen LogP contribution in [0.1, 0.15) is 11.5 Å². The summed E-state index contributed by atoms with van der Waals surface area (Å²) in [5, 5.41) is 8.06. The first-order valence-corrected chi connectivity index (χ1v) is 10.7. The van der Waals surface area contributed by atoms with E-state index in [-0.39, 0.29) is 5.82 Å². The molecule has 2 aromatic carbocycles. The van der Waals surface area contributed by atoms with Crippen molar-refractivity contribution in [3.05, 3.63) is 65.8 Å². The van der Waals surface area contributed by atoms with Crippen molar-refractivity contribution >= 4 is 10.0 Å². The van der Waals surface area contributed by atoms with Crippen molar-refractivity contribution in [3.63, 3.8) is 0 Å². The second-order valence-electron chi connectivity index (χ2n) is 7.00. The molecule has 0 saturated carbocycles. The molecule has 0 N–H and O–H groups in total. The van der Waals surface area contributed by atoms with Crippen LogP contribution in [0.4, 0.5) is 4.39 Å². The van der Waals surface area contributed by atoms with Gasteiger partial charge in [0, 0.05) is 31.7 Å². The van der Waals surface area contributed by atoms with E-state index < -0.39 is 10.0 Å². The number of rotatable bonds is 5. The molecule has 0 unspecified atom stereocenters. The molecule has 1 aliphatic rings. The van der Waals surface area contributed by atoms with Gasteiger partial charge in [0.15, 0.2) is 0 Å². The molecule has 152 valence electrons. The van der Waals surface area contributed by atoms with Crippen molar-refractivity contribution in [2.24, 2.45) is 0 Å². The van der Waals surface area contributed by atoms with Crippen LogP contribution in [-0.2, 0) is 16.6 Å². The van der Waals surface area contributed by atoms with Gasteiger partial charge in [-0.05, 0) is 43.3 Å². The van der Waals surface area contributed by atoms with E-state index in [0.717, 1.165) is 5.56 Å². The molecule has 0 amide bonds. The zero-order valence-corrected chi connectivity index (χ0v) is 16.8. The van der Waals surface area contributed by atoms with Crippen molar-refractivity contribution in [3.8, 4) is 11.5 Å². The molecule has 9 heteroatoms. The molecular formula is C20H21FN4O3S. The highest BCUT2D eigenvalue weighted by atomic mass is 32.2. The van der Waals surface area contributed by atoms with Crippen LogP contribution in [-0.4, -0.2) is 54.0 Å². The lowest BCUT2D eigenvalue weighted by Crippen LogP contribution is -2.48. The Morgan fingerprint density at radius 1 is 0.966 bits per heavy atom. The Labute approximate surface area is 168 Å². The van der Waals surface area contributed by atoms with Crippen LogP contribution in [0.25, 0.3) is 11.5 Å². The lowest BCUT2D eigenvalue weighted by molar-refractivity contribution is 0.168. The van der Waals surface area contributed by atoms with Gasteiger partial charge in [0.05, 0.1) is 11.4 Å². The highest BCUT2D eigenvalue weighted by molar-refractivity contribution is 7.89. The fourth-order valence-corrected chi connectivity index (χ4v) is 4.63. The summed E-state index contributed by atoms with van der Waals surface area (Å²) in [7, 11) is -3.49. The Morgan fingerprint density at radius 3 is 2.28 bits per heavy atom. The summed E-state index contributed by atoms with van der Waals surface area (Å²) in [5.41, 5.74) is 1.67. The van der Waals surface area contributed by atoms with Gasteiger partial charge in [-0.25, -0.2) is 12.8 Å². The van der Waals surface area contributed by atoms with Gasteiger partial charge in [-0.2, -0.15) is 4.31 Å². The number of piperazine rings is 1. The van der Waals surface area contributed by atoms with Gasteiger partial charge in [0.25, 0.3) is 0 Å². The van der Waals surface area contributed by atoms with Crippen LogP contribution >= 0.6 is 0 Å². The summed E-state index contributed by atoms with van der Waals surface area (Å²) in [5.74, 6) is 0.451. The Morgan fingerprint density at radius 2 is 1.62 bits per heavy atom. The summed E-state index contributed by atoms with van der Waals surface area (Å²) < 4.78 is 45.8. The van der Waals surface area contributed by atoms with E-state index in [2.05, 4.69) is 15.1 Å². The normalized spacial score (nSPS) is 16.2. The van der Waals surface area contributed by atoms with E-state index in [4.69, 9.17) is 4.42 Å². The molecule has 1 aliphatic heterocycles. The van der Waals surface area contributed by atoms with Crippen LogP contribution in [0, 0.1) is 12.7 Å². The molecule has 1 saturated heterocycles. The minimum absolute atomic E-state index is 0.317. The van der Waals surface area contributed by atoms with E-state index in [9.17, 15) is 12.8 Å². The molecular weight excluding hydrogens is 395 g/mol. The number of aromatic nitrogens is 2. The van der Waals surface area contributed by atoms with Crippen molar-refractivity contribution < 1.29 is 17.2 Å². The minimum Gasteiger partial charge on any atom is -0.419 e. The lowest BCUT2D eigenvalue weighted by Gasteiger charge is -2.33. The Kier molecular flexibility index (Phi) is 5.44. The molecule has 0 aliphatic carbocycles. The summed E-state index contributed by atoms with van der Waals surface area (Å²) in [6.07, 6.45) is 0. The minimum atomic E-state index is -3.49. The Balaban J connectivity index is 1.37. The highest BCUT2D eigenvalue weighted by Crippen LogP contribution is 2.21. The highest BCUT2D eigenvalue weighted by Gasteiger charge is 2.29. The van der Waals surface area contributed by atoms with Crippen molar-refractivity contribution in [2.75, 3.05) is 26.2 Å². The van der Waals surface area contributed by atoms with E-state index in [0.29, 0.717) is 55.0 Å². The number of nitrogens with zero attached hydrogens (tertiary/aromatic N) is 4. The molecule has 7 nitrogen and oxygen atoms in total. The molecule has 0 radical (unpaired) electrons. The third kappa shape index (κ3) is 4.36. The quantitative estimate of drug-likeness (QED) is 0.636. The Hall–Kier alpha value is -2.62. The zero-order valence-electron chi connectivity index (χ0n) is 16.0. The second-order valence-corrected chi connectivity index (χ2v) is 8.94. The van der Waals surface area contributed by atoms with Crippen LogP contribution in [0.2, 0.25) is 0 Å². The number of sulfonamides is 1. The number of hydrogen-bond donors (Lipinski definition) is 0. The van der Waals surface area contributed by atoms with Crippen molar-refractivity contribution in [2.45, 2.75) is 18.4 Å². The first-order chi connectivity index (χ1) is 13.9. The van der Waals surface area contributed by atoms with Crippen LogP contribution in [0.3, 0.4) is 0 Å². The van der Waals surface area contributed by atoms with Gasteiger partial charge in [-0.1, -0.05) is 17.7 Å². The molecule has 0 spiro atoms. The van der Waals surface area contributed by atoms with Gasteiger partial charge < -0.3 is 4.42 Å². The number of hydrogen-bond acceptors (Lipinski definition) is 6. The SMILES string of the molecule is Cc1ccc(S(=O)(=O)N2CCN(Cc3nnc(-c4ccc(F)cc4)o3)CC2)cc1. The van der Waals surface area contributed by atoms with Crippen LogP contribution in [0.15, 0.2) is 57.8 Å². The molecule has 0 bridgehead atoms. The van der Waals surface area contributed by atoms with E-state index in [1.165, 1.54) is 16.4 Å². The predicted octanol–water partition coefficient (Wildman–Crippen LogP) is 2.69. The maximum atomic E-state index is 13.0. The summed E-state index contributed by atoms with van der Waals surface area (Å²) in [4.78, 5) is 2.39. The number of aryl methyl sites for hydroxylation is 1. The van der Waals surface area contributed by atoms with Crippen molar-refractivity contribution in [1.82, 2.24) is 19.4 Å². The fraction of sp³-hybridized carbons (Fsp3) is 0.300. The summed E-state index contributed by atoms with van der Waals surface area (Å²) >= 11 is 0. The zero-order chi connectivity index (χ0) is 20.4. The standard InChI is InChI=1S/C20H21FN4O3S/c1-15-2-8-18(9-3-15)29(26,27)25-12-10-24(11-13-25)14-19-22-23-20(28-19)16-4-6-17(21)7-5-16/h2-9H,10-14H2,1H3. The second kappa shape index (κ2) is 8.02. The maximum absolute atomic E-state index is 13.0. The third-order valence-corrected chi connectivity index (χ3v) is 6.82. The largest absolute Gasteiger partial charge is 0.419 e. The summed E-state index contributed by atoms with van der Waals surface area (Å²) in [6, 6.07) is 12.7. The number of halogens is 1. The molecule has 0 atom stereocenters. The van der Waals surface area contributed by atoms with Gasteiger partial charge >= 0.3 is 0 Å². The van der Waals surface area contributed by atoms with Gasteiger partial charge in [-0.15, -0.1) is 10.2 Å². The smallest absolute Gasteiger partial charge is 0.247 e. The van der Waals surface area contributed by atoms with E-state index in [1.807, 2.05) is 6.92 Å². The van der Waals surface area contributed by atoms with Crippen LogP contribution in [0.5, 0.6) is 0 Å². The molecule has 3 aromatic rings. The topological polar surface area (TPSA) is 79.5 Å². The molecule has 1 aromatic heterocycles. The van der Waals surface area contributed by atoms with Gasteiger partial charge in [0.2, 0.25) is 21.8 Å². The maximum Gasteiger partial charge on any atom is 0.247 e. The average molecular weight is 416 g/mol. The van der Waals surface area contributed by atoms with Gasteiger partial charge in [-0.3, -0.25) is 4.90 Å². The molecule has 1 fully saturated rings. The van der Waals surface area contributed by atoms with E-state index in [1.54, 1.807) is 36.4 Å². The predicted molar refractivity (Wildman–Crippen MR) is 105 cm³/mol.